The fourth-order valence-electron chi connectivity index (χ4n) is 1.53. The summed E-state index contributed by atoms with van der Waals surface area (Å²) in [6, 6.07) is 0. The van der Waals surface area contributed by atoms with Crippen molar-refractivity contribution in [3.05, 3.63) is 24.4 Å². The first kappa shape index (κ1) is 13.3. The topological polar surface area (TPSA) is 3.24 Å². The van der Waals surface area contributed by atoms with Gasteiger partial charge < -0.3 is 4.90 Å². The SMILES string of the molecule is C=C(/C=C\C)N(CC)CCCCCC. The molecule has 0 atom stereocenters. The zero-order valence-electron chi connectivity index (χ0n) is 10.1. The molecule has 0 saturated heterocycles. The molecule has 0 heterocycles. The van der Waals surface area contributed by atoms with Crippen LogP contribution in [-0.4, -0.2) is 18.0 Å². The van der Waals surface area contributed by atoms with Crippen molar-refractivity contribution in [1.29, 1.82) is 0 Å². The van der Waals surface area contributed by atoms with Crippen LogP contribution in [0.5, 0.6) is 0 Å². The lowest BCUT2D eigenvalue weighted by atomic mass is 10.2. The summed E-state index contributed by atoms with van der Waals surface area (Å²) in [7, 11) is 0. The molecule has 0 rings (SSSR count). The fraction of sp³-hybridized carbons (Fsp3) is 0.692. The van der Waals surface area contributed by atoms with E-state index in [1.807, 2.05) is 6.92 Å². The smallest absolute Gasteiger partial charge is 0.0289 e. The number of unbranched alkanes of at least 4 members (excludes halogenated alkanes) is 3. The van der Waals surface area contributed by atoms with Crippen LogP contribution in [-0.2, 0) is 0 Å². The lowest BCUT2D eigenvalue weighted by Crippen LogP contribution is -2.22. The summed E-state index contributed by atoms with van der Waals surface area (Å²) in [5.74, 6) is 0. The second-order valence-corrected chi connectivity index (χ2v) is 3.63. The molecule has 0 spiro atoms. The van der Waals surface area contributed by atoms with Gasteiger partial charge in [0.1, 0.15) is 0 Å². The Morgan fingerprint density at radius 3 is 2.43 bits per heavy atom. The van der Waals surface area contributed by atoms with Crippen molar-refractivity contribution in [3.63, 3.8) is 0 Å². The molecule has 0 N–H and O–H groups in total. The Morgan fingerprint density at radius 1 is 1.21 bits per heavy atom. The van der Waals surface area contributed by atoms with Crippen LogP contribution in [0.25, 0.3) is 0 Å². The molecule has 0 saturated carbocycles. The molecule has 0 radical (unpaired) electrons. The Bertz CT molecular complexity index is 170. The molecule has 0 unspecified atom stereocenters. The zero-order valence-corrected chi connectivity index (χ0v) is 10.1. The summed E-state index contributed by atoms with van der Waals surface area (Å²) >= 11 is 0. The van der Waals surface area contributed by atoms with Crippen molar-refractivity contribution in [2.24, 2.45) is 0 Å². The maximum atomic E-state index is 4.05. The first-order chi connectivity index (χ1) is 6.76. The van der Waals surface area contributed by atoms with E-state index in [9.17, 15) is 0 Å². The zero-order chi connectivity index (χ0) is 10.8. The highest BCUT2D eigenvalue weighted by atomic mass is 15.1. The van der Waals surface area contributed by atoms with E-state index in [1.165, 1.54) is 25.7 Å². The molecule has 1 nitrogen and oxygen atoms in total. The Labute approximate surface area is 89.5 Å². The highest BCUT2D eigenvalue weighted by Crippen LogP contribution is 2.07. The molecule has 0 aliphatic rings. The van der Waals surface area contributed by atoms with Gasteiger partial charge in [0, 0.05) is 18.8 Å². The van der Waals surface area contributed by atoms with Crippen LogP contribution in [0.4, 0.5) is 0 Å². The molecule has 0 amide bonds. The summed E-state index contributed by atoms with van der Waals surface area (Å²) in [5.41, 5.74) is 1.14. The molecule has 0 aromatic heterocycles. The van der Waals surface area contributed by atoms with Crippen molar-refractivity contribution < 1.29 is 0 Å². The molecule has 1 heteroatoms. The van der Waals surface area contributed by atoms with Crippen LogP contribution in [0.1, 0.15) is 46.5 Å². The van der Waals surface area contributed by atoms with Gasteiger partial charge in [0.2, 0.25) is 0 Å². The highest BCUT2D eigenvalue weighted by Gasteiger charge is 2.01. The van der Waals surface area contributed by atoms with Crippen LogP contribution in [0.3, 0.4) is 0 Å². The number of hydrogen-bond donors (Lipinski definition) is 0. The average Bonchev–Trinajstić information content (AvgIpc) is 2.18. The summed E-state index contributed by atoms with van der Waals surface area (Å²) < 4.78 is 0. The van der Waals surface area contributed by atoms with Crippen molar-refractivity contribution in [2.45, 2.75) is 46.5 Å². The van der Waals surface area contributed by atoms with E-state index in [1.54, 1.807) is 0 Å². The normalized spacial score (nSPS) is 10.8. The first-order valence-electron chi connectivity index (χ1n) is 5.82. The minimum atomic E-state index is 1.06. The maximum Gasteiger partial charge on any atom is 0.0289 e. The largest absolute Gasteiger partial charge is 0.372 e. The highest BCUT2D eigenvalue weighted by molar-refractivity contribution is 5.12. The van der Waals surface area contributed by atoms with Crippen molar-refractivity contribution in [2.75, 3.05) is 13.1 Å². The third-order valence-corrected chi connectivity index (χ3v) is 2.43. The van der Waals surface area contributed by atoms with Crippen LogP contribution >= 0.6 is 0 Å². The lowest BCUT2D eigenvalue weighted by Gasteiger charge is -2.23. The minimum Gasteiger partial charge on any atom is -0.372 e. The average molecular weight is 195 g/mol. The van der Waals surface area contributed by atoms with E-state index in [0.717, 1.165) is 18.8 Å². The molecule has 14 heavy (non-hydrogen) atoms. The van der Waals surface area contributed by atoms with Crippen molar-refractivity contribution in [3.8, 4) is 0 Å². The third-order valence-electron chi connectivity index (χ3n) is 2.43. The van der Waals surface area contributed by atoms with Gasteiger partial charge in [0.15, 0.2) is 0 Å². The van der Waals surface area contributed by atoms with E-state index in [4.69, 9.17) is 0 Å². The van der Waals surface area contributed by atoms with Gasteiger partial charge in [-0.1, -0.05) is 38.8 Å². The van der Waals surface area contributed by atoms with Gasteiger partial charge in [0.25, 0.3) is 0 Å². The summed E-state index contributed by atoms with van der Waals surface area (Å²) in [5, 5.41) is 0. The van der Waals surface area contributed by atoms with Gasteiger partial charge in [-0.25, -0.2) is 0 Å². The van der Waals surface area contributed by atoms with Gasteiger partial charge in [-0.15, -0.1) is 0 Å². The molecule has 0 aromatic rings. The Balaban J connectivity index is 3.73. The van der Waals surface area contributed by atoms with Gasteiger partial charge in [0.05, 0.1) is 0 Å². The minimum absolute atomic E-state index is 1.06. The second kappa shape index (κ2) is 8.86. The summed E-state index contributed by atoms with van der Waals surface area (Å²) in [6.07, 6.45) is 9.43. The van der Waals surface area contributed by atoms with Crippen molar-refractivity contribution in [1.82, 2.24) is 4.90 Å². The van der Waals surface area contributed by atoms with Gasteiger partial charge in [-0.05, 0) is 26.3 Å². The van der Waals surface area contributed by atoms with Gasteiger partial charge in [-0.3, -0.25) is 0 Å². The lowest BCUT2D eigenvalue weighted by molar-refractivity contribution is 0.361. The van der Waals surface area contributed by atoms with E-state index in [0.29, 0.717) is 0 Å². The number of nitrogens with zero attached hydrogens (tertiary/aromatic N) is 1. The predicted octanol–water partition coefficient (Wildman–Crippen LogP) is 3.98. The van der Waals surface area contributed by atoms with E-state index in [-0.39, 0.29) is 0 Å². The standard InChI is InChI=1S/C13H25N/c1-5-8-9-10-12-14(7-3)13(4)11-6-2/h6,11H,4-5,7-10,12H2,1-3H3/b11-6-. The number of rotatable bonds is 8. The fourth-order valence-corrected chi connectivity index (χ4v) is 1.53. The van der Waals surface area contributed by atoms with E-state index < -0.39 is 0 Å². The predicted molar refractivity (Wildman–Crippen MR) is 65.3 cm³/mol. The Kier molecular flexibility index (Phi) is 8.40. The monoisotopic (exact) mass is 195 g/mol. The molecular formula is C13H25N. The first-order valence-corrected chi connectivity index (χ1v) is 5.82. The quantitative estimate of drug-likeness (QED) is 0.418. The van der Waals surface area contributed by atoms with E-state index in [2.05, 4.69) is 37.5 Å². The van der Waals surface area contributed by atoms with Crippen LogP contribution < -0.4 is 0 Å². The molecule has 0 aliphatic heterocycles. The number of allylic oxidation sites excluding steroid dienone is 2. The number of hydrogen-bond acceptors (Lipinski definition) is 1. The van der Waals surface area contributed by atoms with Crippen molar-refractivity contribution >= 4 is 0 Å². The molecular weight excluding hydrogens is 170 g/mol. The molecule has 82 valence electrons. The Morgan fingerprint density at radius 2 is 1.93 bits per heavy atom. The summed E-state index contributed by atoms with van der Waals surface area (Å²) in [4.78, 5) is 2.34. The maximum absolute atomic E-state index is 4.05. The third kappa shape index (κ3) is 5.85. The summed E-state index contributed by atoms with van der Waals surface area (Å²) in [6.45, 7) is 12.7. The van der Waals surface area contributed by atoms with Gasteiger partial charge in [-0.2, -0.15) is 0 Å². The van der Waals surface area contributed by atoms with Crippen LogP contribution in [0.15, 0.2) is 24.4 Å². The van der Waals surface area contributed by atoms with Gasteiger partial charge >= 0.3 is 0 Å². The molecule has 0 aliphatic carbocycles. The van der Waals surface area contributed by atoms with Crippen LogP contribution in [0.2, 0.25) is 0 Å². The molecule has 0 fully saturated rings. The molecule has 0 bridgehead atoms. The number of likely N-dealkylation sites (N-methyl/N-ethyl adjacent to an activating group) is 1. The van der Waals surface area contributed by atoms with E-state index >= 15 is 0 Å². The Hall–Kier alpha value is -0.720. The second-order valence-electron chi connectivity index (χ2n) is 3.63. The van der Waals surface area contributed by atoms with Crippen LogP contribution in [0, 0.1) is 0 Å². The molecule has 0 aromatic carbocycles.